The Bertz CT molecular complexity index is 607. The lowest BCUT2D eigenvalue weighted by Gasteiger charge is -2.37. The van der Waals surface area contributed by atoms with Gasteiger partial charge in [-0.15, -0.1) is 0 Å². The molecule has 21 heavy (non-hydrogen) atoms. The summed E-state index contributed by atoms with van der Waals surface area (Å²) in [5.41, 5.74) is 3.53. The number of aliphatic hydroxyl groups excluding tert-OH is 1. The van der Waals surface area contributed by atoms with E-state index in [4.69, 9.17) is 5.11 Å². The van der Waals surface area contributed by atoms with Crippen LogP contribution in [0.2, 0.25) is 0 Å². The minimum Gasteiger partial charge on any atom is -0.396 e. The van der Waals surface area contributed by atoms with E-state index in [-0.39, 0.29) is 6.61 Å². The molecule has 3 heteroatoms. The third kappa shape index (κ3) is 3.25. The van der Waals surface area contributed by atoms with Gasteiger partial charge in [0.05, 0.1) is 5.52 Å². The van der Waals surface area contributed by atoms with Crippen molar-refractivity contribution in [2.45, 2.75) is 45.2 Å². The predicted octanol–water partition coefficient (Wildman–Crippen LogP) is 3.28. The molecule has 0 radical (unpaired) electrons. The van der Waals surface area contributed by atoms with Crippen LogP contribution in [0, 0.1) is 6.92 Å². The highest BCUT2D eigenvalue weighted by Crippen LogP contribution is 2.28. The fourth-order valence-corrected chi connectivity index (χ4v) is 3.16. The van der Waals surface area contributed by atoms with Crippen molar-refractivity contribution in [3.63, 3.8) is 0 Å². The van der Waals surface area contributed by atoms with E-state index in [2.05, 4.69) is 41.1 Å². The zero-order chi connectivity index (χ0) is 14.7. The molecule has 1 aromatic heterocycles. The van der Waals surface area contributed by atoms with Gasteiger partial charge < -0.3 is 5.11 Å². The molecular weight excluding hydrogens is 260 g/mol. The van der Waals surface area contributed by atoms with Gasteiger partial charge in [-0.3, -0.25) is 9.88 Å². The van der Waals surface area contributed by atoms with Crippen LogP contribution in [0.5, 0.6) is 0 Å². The summed E-state index contributed by atoms with van der Waals surface area (Å²) >= 11 is 0. The number of pyridine rings is 1. The number of hydrogen-bond acceptors (Lipinski definition) is 3. The molecule has 0 aliphatic heterocycles. The van der Waals surface area contributed by atoms with Crippen molar-refractivity contribution in [2.24, 2.45) is 0 Å². The van der Waals surface area contributed by atoms with Crippen LogP contribution in [0.3, 0.4) is 0 Å². The van der Waals surface area contributed by atoms with E-state index in [0.717, 1.165) is 30.7 Å². The Morgan fingerprint density at radius 3 is 2.81 bits per heavy atom. The number of para-hydroxylation sites is 1. The molecular formula is C18H24N2O. The maximum Gasteiger partial charge on any atom is 0.0708 e. The first kappa shape index (κ1) is 14.5. The zero-order valence-corrected chi connectivity index (χ0v) is 12.8. The maximum atomic E-state index is 9.13. The summed E-state index contributed by atoms with van der Waals surface area (Å²) in [6, 6.07) is 11.3. The molecule has 0 bridgehead atoms. The Kier molecular flexibility index (Phi) is 4.51. The summed E-state index contributed by atoms with van der Waals surface area (Å²) in [7, 11) is 0. The van der Waals surface area contributed by atoms with Gasteiger partial charge in [-0.1, -0.05) is 24.6 Å². The van der Waals surface area contributed by atoms with Gasteiger partial charge >= 0.3 is 0 Å². The van der Waals surface area contributed by atoms with Crippen LogP contribution in [0.15, 0.2) is 30.3 Å². The summed E-state index contributed by atoms with van der Waals surface area (Å²) in [6.45, 7) is 4.29. The third-order valence-electron chi connectivity index (χ3n) is 4.50. The molecule has 0 spiro atoms. The quantitative estimate of drug-likeness (QED) is 0.884. The Morgan fingerprint density at radius 2 is 2.10 bits per heavy atom. The van der Waals surface area contributed by atoms with E-state index in [0.29, 0.717) is 6.04 Å². The lowest BCUT2D eigenvalue weighted by Crippen LogP contribution is -2.40. The molecule has 112 valence electrons. The van der Waals surface area contributed by atoms with Crippen LogP contribution < -0.4 is 0 Å². The molecule has 3 rings (SSSR count). The smallest absolute Gasteiger partial charge is 0.0708 e. The van der Waals surface area contributed by atoms with Gasteiger partial charge in [0.1, 0.15) is 0 Å². The average Bonchev–Trinajstić information content (AvgIpc) is 2.42. The van der Waals surface area contributed by atoms with E-state index in [1.54, 1.807) is 0 Å². The van der Waals surface area contributed by atoms with Crippen molar-refractivity contribution in [3.05, 3.63) is 41.6 Å². The molecule has 0 atom stereocenters. The van der Waals surface area contributed by atoms with Gasteiger partial charge in [0.2, 0.25) is 0 Å². The number of rotatable bonds is 6. The first-order valence-corrected chi connectivity index (χ1v) is 7.98. The molecule has 1 aromatic carbocycles. The van der Waals surface area contributed by atoms with Gasteiger partial charge in [-0.2, -0.15) is 0 Å². The maximum absolute atomic E-state index is 9.13. The highest BCUT2D eigenvalue weighted by molar-refractivity contribution is 5.82. The minimum atomic E-state index is 0.277. The zero-order valence-electron chi connectivity index (χ0n) is 12.8. The molecule has 2 aromatic rings. The average molecular weight is 284 g/mol. The monoisotopic (exact) mass is 284 g/mol. The second-order valence-corrected chi connectivity index (χ2v) is 6.07. The number of fused-ring (bicyclic) bond motifs is 1. The fourth-order valence-electron chi connectivity index (χ4n) is 3.16. The van der Waals surface area contributed by atoms with Crippen molar-refractivity contribution in [2.75, 3.05) is 13.2 Å². The van der Waals surface area contributed by atoms with Gasteiger partial charge in [-0.05, 0) is 43.9 Å². The van der Waals surface area contributed by atoms with E-state index < -0.39 is 0 Å². The van der Waals surface area contributed by atoms with Crippen molar-refractivity contribution < 1.29 is 5.11 Å². The summed E-state index contributed by atoms with van der Waals surface area (Å²) in [5, 5.41) is 10.4. The van der Waals surface area contributed by atoms with E-state index in [1.807, 2.05) is 6.07 Å². The van der Waals surface area contributed by atoms with Gasteiger partial charge in [-0.25, -0.2) is 0 Å². The van der Waals surface area contributed by atoms with Crippen LogP contribution in [-0.2, 0) is 6.54 Å². The standard InChI is InChI=1S/C18H24N2O/c1-14-12-15(17-8-2-3-9-18(17)19-14)13-20(10-5-11-21)16-6-4-7-16/h2-3,8-9,12,16,21H,4-7,10-11,13H2,1H3. The number of benzene rings is 1. The van der Waals surface area contributed by atoms with Crippen molar-refractivity contribution in [1.29, 1.82) is 0 Å². The molecule has 1 N–H and O–H groups in total. The number of aliphatic hydroxyl groups is 1. The van der Waals surface area contributed by atoms with Crippen LogP contribution >= 0.6 is 0 Å². The molecule has 1 heterocycles. The van der Waals surface area contributed by atoms with Gasteiger partial charge in [0.25, 0.3) is 0 Å². The molecule has 1 fully saturated rings. The van der Waals surface area contributed by atoms with Crippen LogP contribution in [-0.4, -0.2) is 34.2 Å². The first-order chi connectivity index (χ1) is 10.3. The third-order valence-corrected chi connectivity index (χ3v) is 4.50. The summed E-state index contributed by atoms with van der Waals surface area (Å²) in [6.07, 6.45) is 4.80. The number of aromatic nitrogens is 1. The second kappa shape index (κ2) is 6.54. The number of hydrogen-bond donors (Lipinski definition) is 1. The Morgan fingerprint density at radius 1 is 1.29 bits per heavy atom. The van der Waals surface area contributed by atoms with Crippen LogP contribution in [0.1, 0.15) is 36.9 Å². The molecule has 0 saturated heterocycles. The van der Waals surface area contributed by atoms with Gasteiger partial charge in [0, 0.05) is 36.8 Å². The molecule has 0 unspecified atom stereocenters. The molecule has 1 saturated carbocycles. The SMILES string of the molecule is Cc1cc(CN(CCCO)C2CCC2)c2ccccc2n1. The van der Waals surface area contributed by atoms with Crippen molar-refractivity contribution in [3.8, 4) is 0 Å². The van der Waals surface area contributed by atoms with Crippen LogP contribution in [0.4, 0.5) is 0 Å². The molecule has 0 amide bonds. The largest absolute Gasteiger partial charge is 0.396 e. The van der Waals surface area contributed by atoms with E-state index in [9.17, 15) is 0 Å². The highest BCUT2D eigenvalue weighted by atomic mass is 16.3. The first-order valence-electron chi connectivity index (χ1n) is 7.98. The lowest BCUT2D eigenvalue weighted by molar-refractivity contribution is 0.110. The van der Waals surface area contributed by atoms with Crippen LogP contribution in [0.25, 0.3) is 10.9 Å². The summed E-state index contributed by atoms with van der Waals surface area (Å²) < 4.78 is 0. The molecule has 3 nitrogen and oxygen atoms in total. The topological polar surface area (TPSA) is 36.4 Å². The van der Waals surface area contributed by atoms with Crippen molar-refractivity contribution in [1.82, 2.24) is 9.88 Å². The van der Waals surface area contributed by atoms with Crippen molar-refractivity contribution >= 4 is 10.9 Å². The van der Waals surface area contributed by atoms with E-state index in [1.165, 1.54) is 30.2 Å². The Hall–Kier alpha value is -1.45. The Balaban J connectivity index is 1.87. The minimum absolute atomic E-state index is 0.277. The summed E-state index contributed by atoms with van der Waals surface area (Å²) in [4.78, 5) is 7.17. The number of aryl methyl sites for hydroxylation is 1. The predicted molar refractivity (Wildman–Crippen MR) is 86.2 cm³/mol. The normalized spacial score (nSPS) is 15.6. The fraction of sp³-hybridized carbons (Fsp3) is 0.500. The summed E-state index contributed by atoms with van der Waals surface area (Å²) in [5.74, 6) is 0. The lowest BCUT2D eigenvalue weighted by atomic mass is 9.90. The van der Waals surface area contributed by atoms with E-state index >= 15 is 0 Å². The second-order valence-electron chi connectivity index (χ2n) is 6.07. The Labute approximate surface area is 126 Å². The number of nitrogens with zero attached hydrogens (tertiary/aromatic N) is 2. The highest BCUT2D eigenvalue weighted by Gasteiger charge is 2.25. The molecule has 1 aliphatic rings. The van der Waals surface area contributed by atoms with Gasteiger partial charge in [0.15, 0.2) is 0 Å². The molecule has 1 aliphatic carbocycles.